The molecule has 0 saturated heterocycles. The van der Waals surface area contributed by atoms with Gasteiger partial charge in [-0.05, 0) is 62.4 Å². The average Bonchev–Trinajstić information content (AvgIpc) is 2.73. The minimum Gasteiger partial charge on any atom is -0.252 e. The first-order valence-electron chi connectivity index (χ1n) is 9.45. The molecular formula is C23H15Cl3F2N4. The summed E-state index contributed by atoms with van der Waals surface area (Å²) in [6, 6.07) is 14.5. The number of pyridine rings is 4. The third-order valence-electron chi connectivity index (χ3n) is 5.00. The quantitative estimate of drug-likeness (QED) is 0.284. The molecular weight excluding hydrogens is 477 g/mol. The summed E-state index contributed by atoms with van der Waals surface area (Å²) in [7, 11) is 0. The van der Waals surface area contributed by atoms with Crippen LogP contribution in [0.5, 0.6) is 0 Å². The highest BCUT2D eigenvalue weighted by Gasteiger charge is 2.28. The van der Waals surface area contributed by atoms with Crippen molar-refractivity contribution >= 4 is 34.8 Å². The molecule has 0 N–H and O–H groups in total. The van der Waals surface area contributed by atoms with E-state index in [9.17, 15) is 8.78 Å². The molecule has 0 atom stereocenters. The summed E-state index contributed by atoms with van der Waals surface area (Å²) < 4.78 is 28.7. The largest absolute Gasteiger partial charge is 0.252 e. The van der Waals surface area contributed by atoms with Gasteiger partial charge in [0.05, 0.1) is 33.9 Å². The van der Waals surface area contributed by atoms with Crippen LogP contribution in [0.25, 0.3) is 22.5 Å². The lowest BCUT2D eigenvalue weighted by Gasteiger charge is -2.25. The van der Waals surface area contributed by atoms with E-state index in [-0.39, 0.29) is 21.4 Å². The number of halogens is 5. The van der Waals surface area contributed by atoms with Gasteiger partial charge in [-0.25, -0.2) is 9.97 Å². The van der Waals surface area contributed by atoms with Crippen molar-refractivity contribution in [3.8, 4) is 22.5 Å². The topological polar surface area (TPSA) is 51.6 Å². The van der Waals surface area contributed by atoms with Crippen LogP contribution in [0.2, 0.25) is 15.3 Å². The molecule has 9 heteroatoms. The summed E-state index contributed by atoms with van der Waals surface area (Å²) in [6.45, 7) is 3.79. The SMILES string of the molecule is CC(C)(c1cccc(-c2ccc(Cl)nc2F)n1)c1cc(Cl)cc(-c2ccc(Cl)nc2F)n1. The maximum absolute atomic E-state index is 14.4. The molecule has 0 aliphatic heterocycles. The van der Waals surface area contributed by atoms with Crippen LogP contribution < -0.4 is 0 Å². The van der Waals surface area contributed by atoms with E-state index in [1.165, 1.54) is 24.3 Å². The predicted octanol–water partition coefficient (Wildman–Crippen LogP) is 7.16. The summed E-state index contributed by atoms with van der Waals surface area (Å²) in [5.41, 5.74) is 1.51. The normalized spacial score (nSPS) is 11.6. The fraction of sp³-hybridized carbons (Fsp3) is 0.130. The monoisotopic (exact) mass is 490 g/mol. The van der Waals surface area contributed by atoms with Crippen molar-refractivity contribution in [3.05, 3.63) is 93.2 Å². The highest BCUT2D eigenvalue weighted by atomic mass is 35.5. The van der Waals surface area contributed by atoms with Crippen molar-refractivity contribution in [2.45, 2.75) is 19.3 Å². The molecule has 0 aromatic carbocycles. The summed E-state index contributed by atoms with van der Waals surface area (Å²) in [6.07, 6.45) is 0. The third-order valence-corrected chi connectivity index (χ3v) is 5.64. The third kappa shape index (κ3) is 4.44. The van der Waals surface area contributed by atoms with Crippen molar-refractivity contribution in [1.82, 2.24) is 19.9 Å². The maximum Gasteiger partial charge on any atom is 0.223 e. The van der Waals surface area contributed by atoms with Gasteiger partial charge in [0.2, 0.25) is 11.9 Å². The van der Waals surface area contributed by atoms with E-state index in [0.717, 1.165) is 0 Å². The molecule has 0 fully saturated rings. The van der Waals surface area contributed by atoms with Gasteiger partial charge in [-0.15, -0.1) is 0 Å². The lowest BCUT2D eigenvalue weighted by molar-refractivity contribution is 0.581. The Hall–Kier alpha value is -2.67. The number of hydrogen-bond donors (Lipinski definition) is 0. The van der Waals surface area contributed by atoms with Crippen LogP contribution in [0.4, 0.5) is 8.78 Å². The first kappa shape index (κ1) is 22.5. The molecule has 4 aromatic heterocycles. The summed E-state index contributed by atoms with van der Waals surface area (Å²) in [5.74, 6) is -1.46. The first-order valence-corrected chi connectivity index (χ1v) is 10.6. The molecule has 0 aliphatic carbocycles. The molecule has 4 heterocycles. The molecule has 0 spiro atoms. The molecule has 0 bridgehead atoms. The maximum atomic E-state index is 14.4. The molecule has 0 radical (unpaired) electrons. The van der Waals surface area contributed by atoms with E-state index in [1.54, 1.807) is 30.3 Å². The van der Waals surface area contributed by atoms with Crippen molar-refractivity contribution < 1.29 is 8.78 Å². The molecule has 4 rings (SSSR count). The van der Waals surface area contributed by atoms with Gasteiger partial charge in [-0.3, -0.25) is 9.97 Å². The van der Waals surface area contributed by atoms with Gasteiger partial charge < -0.3 is 0 Å². The minimum atomic E-state index is -0.748. The van der Waals surface area contributed by atoms with Crippen LogP contribution >= 0.6 is 34.8 Å². The first-order chi connectivity index (χ1) is 15.1. The van der Waals surface area contributed by atoms with E-state index in [0.29, 0.717) is 27.8 Å². The Kier molecular flexibility index (Phi) is 6.12. The Balaban J connectivity index is 1.79. The predicted molar refractivity (Wildman–Crippen MR) is 122 cm³/mol. The molecule has 32 heavy (non-hydrogen) atoms. The molecule has 4 nitrogen and oxygen atoms in total. The molecule has 0 aliphatic rings. The average molecular weight is 492 g/mol. The number of nitrogens with zero attached hydrogens (tertiary/aromatic N) is 4. The molecule has 0 amide bonds. The van der Waals surface area contributed by atoms with Crippen LogP contribution in [0.15, 0.2) is 54.6 Å². The molecule has 0 unspecified atom stereocenters. The van der Waals surface area contributed by atoms with Crippen LogP contribution in [0.3, 0.4) is 0 Å². The van der Waals surface area contributed by atoms with E-state index in [1.807, 2.05) is 13.8 Å². The van der Waals surface area contributed by atoms with Gasteiger partial charge in [-0.1, -0.05) is 40.9 Å². The van der Waals surface area contributed by atoms with Crippen LogP contribution in [0, 0.1) is 11.9 Å². The van der Waals surface area contributed by atoms with Crippen molar-refractivity contribution in [3.63, 3.8) is 0 Å². The van der Waals surface area contributed by atoms with Crippen LogP contribution in [-0.4, -0.2) is 19.9 Å². The zero-order valence-corrected chi connectivity index (χ0v) is 19.1. The second-order valence-electron chi connectivity index (χ2n) is 7.53. The van der Waals surface area contributed by atoms with E-state index >= 15 is 0 Å². The number of rotatable bonds is 4. The van der Waals surface area contributed by atoms with Gasteiger partial charge in [0.1, 0.15) is 10.3 Å². The van der Waals surface area contributed by atoms with Crippen LogP contribution in [0.1, 0.15) is 25.2 Å². The highest BCUT2D eigenvalue weighted by molar-refractivity contribution is 6.31. The van der Waals surface area contributed by atoms with E-state index in [2.05, 4.69) is 19.9 Å². The second-order valence-corrected chi connectivity index (χ2v) is 8.74. The van der Waals surface area contributed by atoms with Crippen molar-refractivity contribution in [2.75, 3.05) is 0 Å². The molecule has 162 valence electrons. The Morgan fingerprint density at radius 2 is 1.22 bits per heavy atom. The smallest absolute Gasteiger partial charge is 0.223 e. The molecule has 4 aromatic rings. The lowest BCUT2D eigenvalue weighted by atomic mass is 9.84. The van der Waals surface area contributed by atoms with Gasteiger partial charge in [0, 0.05) is 10.4 Å². The Labute approximate surface area is 198 Å². The Bertz CT molecular complexity index is 1330. The Morgan fingerprint density at radius 1 is 0.656 bits per heavy atom. The second kappa shape index (κ2) is 8.70. The fourth-order valence-corrected chi connectivity index (χ4v) is 3.71. The van der Waals surface area contributed by atoms with Crippen molar-refractivity contribution in [1.29, 1.82) is 0 Å². The zero-order chi connectivity index (χ0) is 23.0. The van der Waals surface area contributed by atoms with Gasteiger partial charge in [-0.2, -0.15) is 8.78 Å². The standard InChI is InChI=1S/C23H15Cl3F2N4/c1-23(2,17-5-3-4-15(29-17)13-6-8-19(25)31-21(13)27)18-11-12(24)10-16(30-18)14-7-9-20(26)32-22(14)28/h3-11H,1-2H3. The van der Waals surface area contributed by atoms with Crippen molar-refractivity contribution in [2.24, 2.45) is 0 Å². The number of aromatic nitrogens is 4. The zero-order valence-electron chi connectivity index (χ0n) is 16.9. The Morgan fingerprint density at radius 3 is 1.81 bits per heavy atom. The fourth-order valence-electron chi connectivity index (χ4n) is 3.23. The minimum absolute atomic E-state index is 0.0405. The number of hydrogen-bond acceptors (Lipinski definition) is 4. The van der Waals surface area contributed by atoms with E-state index < -0.39 is 17.3 Å². The summed E-state index contributed by atoms with van der Waals surface area (Å²) in [4.78, 5) is 16.5. The highest BCUT2D eigenvalue weighted by Crippen LogP contribution is 2.34. The van der Waals surface area contributed by atoms with Gasteiger partial charge in [0.25, 0.3) is 0 Å². The lowest BCUT2D eigenvalue weighted by Crippen LogP contribution is -2.22. The van der Waals surface area contributed by atoms with Gasteiger partial charge >= 0.3 is 0 Å². The molecule has 0 saturated carbocycles. The van der Waals surface area contributed by atoms with Gasteiger partial charge in [0.15, 0.2) is 0 Å². The summed E-state index contributed by atoms with van der Waals surface area (Å²) >= 11 is 17.9. The van der Waals surface area contributed by atoms with Crippen LogP contribution in [-0.2, 0) is 5.41 Å². The van der Waals surface area contributed by atoms with E-state index in [4.69, 9.17) is 34.8 Å². The summed E-state index contributed by atoms with van der Waals surface area (Å²) in [5, 5.41) is 0.470.